The van der Waals surface area contributed by atoms with Gasteiger partial charge >= 0.3 is 0 Å². The quantitative estimate of drug-likeness (QED) is 0.596. The standard InChI is InChI=1S/C18H29NO2S.C3H6.C2H6/c1-14-10-11-16(21-17(14)20)13-19(22-18(2,3)4)12-15-8-6-5-7-9-15;1-2-3-1;1-2/h5-9,14,16-17,20H,10-13H2,1-4H3;1-3H2;1-2H3. The van der Waals surface area contributed by atoms with Crippen molar-refractivity contribution in [3.8, 4) is 0 Å². The first-order valence-corrected chi connectivity index (χ1v) is 11.4. The molecule has 1 aliphatic carbocycles. The molecule has 27 heavy (non-hydrogen) atoms. The SMILES string of the molecule is C1CC1.CC.CC1CCC(CN(Cc2ccccc2)SC(C)(C)C)OC1O. The van der Waals surface area contributed by atoms with Crippen molar-refractivity contribution in [1.82, 2.24) is 4.31 Å². The molecule has 1 saturated carbocycles. The van der Waals surface area contributed by atoms with Crippen molar-refractivity contribution >= 4 is 11.9 Å². The molecule has 2 aliphatic rings. The van der Waals surface area contributed by atoms with E-state index in [9.17, 15) is 5.11 Å². The summed E-state index contributed by atoms with van der Waals surface area (Å²) in [5.41, 5.74) is 1.31. The van der Waals surface area contributed by atoms with Gasteiger partial charge < -0.3 is 9.84 Å². The van der Waals surface area contributed by atoms with E-state index in [0.29, 0.717) is 0 Å². The Morgan fingerprint density at radius 2 is 1.67 bits per heavy atom. The van der Waals surface area contributed by atoms with Gasteiger partial charge in [-0.05, 0) is 39.2 Å². The number of aliphatic hydroxyl groups is 1. The lowest BCUT2D eigenvalue weighted by Gasteiger charge is -2.36. The molecule has 1 aromatic rings. The topological polar surface area (TPSA) is 32.7 Å². The second-order valence-corrected chi connectivity index (χ2v) is 10.2. The van der Waals surface area contributed by atoms with Crippen LogP contribution in [0, 0.1) is 5.92 Å². The van der Waals surface area contributed by atoms with Crippen molar-refractivity contribution in [3.05, 3.63) is 35.9 Å². The molecule has 3 unspecified atom stereocenters. The van der Waals surface area contributed by atoms with Crippen LogP contribution in [0.2, 0.25) is 0 Å². The van der Waals surface area contributed by atoms with Gasteiger partial charge in [0.05, 0.1) is 6.10 Å². The van der Waals surface area contributed by atoms with Crippen LogP contribution in [0.1, 0.15) is 79.2 Å². The number of aliphatic hydroxyl groups excluding tert-OH is 1. The molecule has 1 N–H and O–H groups in total. The van der Waals surface area contributed by atoms with Crippen LogP contribution in [-0.4, -0.2) is 33.1 Å². The third-order valence-electron chi connectivity index (χ3n) is 4.13. The summed E-state index contributed by atoms with van der Waals surface area (Å²) in [5, 5.41) is 9.94. The van der Waals surface area contributed by atoms with Crippen molar-refractivity contribution in [2.45, 2.75) is 97.3 Å². The van der Waals surface area contributed by atoms with Crippen molar-refractivity contribution in [2.75, 3.05) is 6.54 Å². The van der Waals surface area contributed by atoms with Gasteiger partial charge in [0.15, 0.2) is 6.29 Å². The molecule has 0 radical (unpaired) electrons. The van der Waals surface area contributed by atoms with Crippen molar-refractivity contribution in [1.29, 1.82) is 0 Å². The Bertz CT molecular complexity index is 484. The van der Waals surface area contributed by atoms with E-state index < -0.39 is 6.29 Å². The Morgan fingerprint density at radius 3 is 2.15 bits per heavy atom. The van der Waals surface area contributed by atoms with Crippen molar-refractivity contribution < 1.29 is 9.84 Å². The van der Waals surface area contributed by atoms with Gasteiger partial charge in [-0.25, -0.2) is 4.31 Å². The molecule has 1 heterocycles. The average molecular weight is 396 g/mol. The normalized spacial score (nSPS) is 24.4. The molecule has 156 valence electrons. The maximum atomic E-state index is 9.94. The van der Waals surface area contributed by atoms with E-state index >= 15 is 0 Å². The van der Waals surface area contributed by atoms with Crippen LogP contribution in [0.4, 0.5) is 0 Å². The van der Waals surface area contributed by atoms with Gasteiger partial charge in [0.25, 0.3) is 0 Å². The fraction of sp³-hybridized carbons (Fsp3) is 0.739. The lowest BCUT2D eigenvalue weighted by Crippen LogP contribution is -2.40. The molecule has 1 saturated heterocycles. The fourth-order valence-electron chi connectivity index (χ4n) is 2.66. The summed E-state index contributed by atoms with van der Waals surface area (Å²) >= 11 is 1.86. The van der Waals surface area contributed by atoms with E-state index in [-0.39, 0.29) is 16.8 Å². The zero-order valence-corrected chi connectivity index (χ0v) is 19.1. The van der Waals surface area contributed by atoms with Gasteiger partial charge in [0.1, 0.15) is 0 Å². The minimum absolute atomic E-state index is 0.116. The molecule has 0 spiro atoms. The summed E-state index contributed by atoms with van der Waals surface area (Å²) < 4.78 is 8.32. The van der Waals surface area contributed by atoms with Crippen LogP contribution in [0.15, 0.2) is 30.3 Å². The molecule has 4 heteroatoms. The van der Waals surface area contributed by atoms with Gasteiger partial charge in [-0.15, -0.1) is 0 Å². The molecular weight excluding hydrogens is 354 g/mol. The summed E-state index contributed by atoms with van der Waals surface area (Å²) in [4.78, 5) is 0. The third kappa shape index (κ3) is 11.8. The van der Waals surface area contributed by atoms with Gasteiger partial charge in [-0.3, -0.25) is 0 Å². The molecule has 0 bridgehead atoms. The smallest absolute Gasteiger partial charge is 0.157 e. The summed E-state index contributed by atoms with van der Waals surface area (Å²) in [6.07, 6.45) is 6.06. The lowest BCUT2D eigenvalue weighted by atomic mass is 9.99. The van der Waals surface area contributed by atoms with E-state index in [4.69, 9.17) is 4.74 Å². The van der Waals surface area contributed by atoms with Gasteiger partial charge in [-0.1, -0.05) is 82.3 Å². The van der Waals surface area contributed by atoms with Crippen LogP contribution in [0.3, 0.4) is 0 Å². The number of nitrogens with zero attached hydrogens (tertiary/aromatic N) is 1. The van der Waals surface area contributed by atoms with Crippen LogP contribution >= 0.6 is 11.9 Å². The Morgan fingerprint density at radius 1 is 1.07 bits per heavy atom. The predicted molar refractivity (Wildman–Crippen MR) is 119 cm³/mol. The summed E-state index contributed by atoms with van der Waals surface area (Å²) in [6.45, 7) is 14.5. The van der Waals surface area contributed by atoms with Gasteiger partial charge in [0, 0.05) is 23.8 Å². The monoisotopic (exact) mass is 395 g/mol. The molecule has 3 atom stereocenters. The van der Waals surface area contributed by atoms with Crippen molar-refractivity contribution in [2.24, 2.45) is 5.92 Å². The zero-order chi connectivity index (χ0) is 20.3. The highest BCUT2D eigenvalue weighted by molar-refractivity contribution is 7.98. The highest BCUT2D eigenvalue weighted by Crippen LogP contribution is 2.31. The highest BCUT2D eigenvalue weighted by atomic mass is 32.2. The summed E-state index contributed by atoms with van der Waals surface area (Å²) in [5.74, 6) is 0.245. The zero-order valence-electron chi connectivity index (χ0n) is 18.3. The van der Waals surface area contributed by atoms with Crippen LogP contribution in [-0.2, 0) is 11.3 Å². The minimum Gasteiger partial charge on any atom is -0.368 e. The number of rotatable bonds is 5. The molecule has 3 rings (SSSR count). The molecule has 2 fully saturated rings. The molecule has 3 nitrogen and oxygen atoms in total. The average Bonchev–Trinajstić information content (AvgIpc) is 3.48. The molecule has 0 amide bonds. The lowest BCUT2D eigenvalue weighted by molar-refractivity contribution is -0.190. The van der Waals surface area contributed by atoms with E-state index in [2.05, 4.69) is 49.3 Å². The summed E-state index contributed by atoms with van der Waals surface area (Å²) in [7, 11) is 0. The number of ether oxygens (including phenoxy) is 1. The van der Waals surface area contributed by atoms with Gasteiger partial charge in [0.2, 0.25) is 0 Å². The first-order chi connectivity index (χ1) is 12.8. The Balaban J connectivity index is 0.000000643. The Kier molecular flexibility index (Phi) is 11.6. The van der Waals surface area contributed by atoms with E-state index in [1.807, 2.05) is 38.8 Å². The van der Waals surface area contributed by atoms with Crippen molar-refractivity contribution in [3.63, 3.8) is 0 Å². The predicted octanol–water partition coefficient (Wildman–Crippen LogP) is 6.27. The minimum atomic E-state index is -0.614. The van der Waals surface area contributed by atoms with E-state index in [1.54, 1.807) is 0 Å². The fourth-order valence-corrected chi connectivity index (χ4v) is 3.89. The molecule has 0 aromatic heterocycles. The van der Waals surface area contributed by atoms with E-state index in [0.717, 1.165) is 25.9 Å². The largest absolute Gasteiger partial charge is 0.368 e. The first kappa shape index (κ1) is 24.5. The maximum Gasteiger partial charge on any atom is 0.157 e. The van der Waals surface area contributed by atoms with Crippen LogP contribution in [0.25, 0.3) is 0 Å². The second kappa shape index (κ2) is 12.8. The molecular formula is C23H41NO2S. The number of hydrogen-bond acceptors (Lipinski definition) is 4. The molecule has 1 aliphatic heterocycles. The molecule has 1 aromatic carbocycles. The summed E-state index contributed by atoms with van der Waals surface area (Å²) in [6, 6.07) is 10.5. The maximum absolute atomic E-state index is 9.94. The first-order valence-electron chi connectivity index (χ1n) is 10.6. The van der Waals surface area contributed by atoms with Gasteiger partial charge in [-0.2, -0.15) is 0 Å². The number of hydrogen-bond donors (Lipinski definition) is 1. The highest BCUT2D eigenvalue weighted by Gasteiger charge is 2.29. The van der Waals surface area contributed by atoms with Crippen LogP contribution in [0.5, 0.6) is 0 Å². The second-order valence-electron chi connectivity index (χ2n) is 8.28. The Labute approximate surface area is 172 Å². The third-order valence-corrected chi connectivity index (χ3v) is 5.21. The Hall–Kier alpha value is -0.550. The number of benzene rings is 1. The van der Waals surface area contributed by atoms with E-state index in [1.165, 1.54) is 24.8 Å². The van der Waals surface area contributed by atoms with Crippen LogP contribution < -0.4 is 0 Å².